The summed E-state index contributed by atoms with van der Waals surface area (Å²) in [6.07, 6.45) is 9.08. The van der Waals surface area contributed by atoms with Gasteiger partial charge in [-0.3, -0.25) is 9.80 Å². The molecule has 210 valence electrons. The predicted octanol–water partition coefficient (Wildman–Crippen LogP) is 4.80. The van der Waals surface area contributed by atoms with Crippen LogP contribution in [0, 0.1) is 11.7 Å². The van der Waals surface area contributed by atoms with Gasteiger partial charge in [0.05, 0.1) is 23.0 Å². The van der Waals surface area contributed by atoms with Crippen molar-refractivity contribution in [1.82, 2.24) is 24.8 Å². The number of rotatable bonds is 4. The molecule has 5 aliphatic rings. The summed E-state index contributed by atoms with van der Waals surface area (Å²) in [4.78, 5) is 33.0. The molecule has 2 aromatic rings. The van der Waals surface area contributed by atoms with E-state index >= 15 is 4.39 Å². The van der Waals surface area contributed by atoms with Crippen LogP contribution >= 0.6 is 11.6 Å². The fourth-order valence-corrected chi connectivity index (χ4v) is 8.23. The highest BCUT2D eigenvalue weighted by molar-refractivity contribution is 6.30. The summed E-state index contributed by atoms with van der Waals surface area (Å²) >= 11 is 6.07. The van der Waals surface area contributed by atoms with Crippen molar-refractivity contribution in [3.8, 4) is 6.01 Å². The third kappa shape index (κ3) is 4.12. The number of carbonyl (C=O) groups is 1. The number of pyridine rings is 1. The van der Waals surface area contributed by atoms with Gasteiger partial charge in [-0.05, 0) is 78.2 Å². The van der Waals surface area contributed by atoms with Crippen molar-refractivity contribution in [2.24, 2.45) is 5.92 Å². The highest BCUT2D eigenvalue weighted by Crippen LogP contribution is 2.54. The van der Waals surface area contributed by atoms with Gasteiger partial charge in [0.25, 0.3) is 0 Å². The summed E-state index contributed by atoms with van der Waals surface area (Å²) in [6.45, 7) is 8.40. The molecule has 0 spiro atoms. The van der Waals surface area contributed by atoms with Gasteiger partial charge in [-0.1, -0.05) is 11.6 Å². The monoisotopic (exact) mass is 558 g/mol. The Morgan fingerprint density at radius 1 is 1.15 bits per heavy atom. The molecule has 9 nitrogen and oxygen atoms in total. The zero-order valence-corrected chi connectivity index (χ0v) is 23.6. The summed E-state index contributed by atoms with van der Waals surface area (Å²) < 4.78 is 27.3. The molecule has 0 radical (unpaired) electrons. The fourth-order valence-electron chi connectivity index (χ4n) is 8.09. The second-order valence-electron chi connectivity index (χ2n) is 13.0. The van der Waals surface area contributed by atoms with E-state index in [4.69, 9.17) is 26.1 Å². The third-order valence-corrected chi connectivity index (χ3v) is 9.89. The first kappa shape index (κ1) is 25.5. The van der Waals surface area contributed by atoms with Gasteiger partial charge in [0.15, 0.2) is 11.0 Å². The number of anilines is 1. The molecular formula is C28H36ClFN6O3. The molecule has 1 saturated carbocycles. The summed E-state index contributed by atoms with van der Waals surface area (Å²) in [7, 11) is 0. The van der Waals surface area contributed by atoms with Gasteiger partial charge in [0, 0.05) is 25.3 Å². The molecular weight excluding hydrogens is 523 g/mol. The number of ether oxygens (including phenoxy) is 2. The standard InChI is InChI=1S/C28H36ClFN6O3/c1-27(2,3)39-26(37)36-18-7-8-19(36)14-34(13-18)24-20-12-31-23(29)21(30)22(20)32-25(33-24)38-15-28-9-4-10-35(28)17-6-5-16(28)11-17/h12,16-19H,4-11,13-15H2,1-3H3. The van der Waals surface area contributed by atoms with Crippen molar-refractivity contribution in [3.63, 3.8) is 0 Å². The van der Waals surface area contributed by atoms with Crippen LogP contribution in [0.15, 0.2) is 6.20 Å². The van der Waals surface area contributed by atoms with Crippen LogP contribution in [0.4, 0.5) is 15.0 Å². The number of piperazine rings is 1. The number of fused-ring (bicyclic) bond motifs is 8. The van der Waals surface area contributed by atoms with Gasteiger partial charge in [0.2, 0.25) is 0 Å². The Morgan fingerprint density at radius 2 is 1.90 bits per heavy atom. The van der Waals surface area contributed by atoms with E-state index in [2.05, 4.69) is 19.8 Å². The minimum atomic E-state index is -0.668. The minimum absolute atomic E-state index is 0.0157. The zero-order chi connectivity index (χ0) is 27.1. The Balaban J connectivity index is 1.19. The van der Waals surface area contributed by atoms with Crippen LogP contribution in [-0.2, 0) is 4.74 Å². The lowest BCUT2D eigenvalue weighted by Gasteiger charge is -2.42. The van der Waals surface area contributed by atoms with Gasteiger partial charge in [-0.2, -0.15) is 9.97 Å². The largest absolute Gasteiger partial charge is 0.461 e. The van der Waals surface area contributed by atoms with E-state index in [0.717, 1.165) is 25.8 Å². The summed E-state index contributed by atoms with van der Waals surface area (Å²) in [5.74, 6) is 0.544. The van der Waals surface area contributed by atoms with E-state index in [9.17, 15) is 4.79 Å². The van der Waals surface area contributed by atoms with Crippen LogP contribution in [0.5, 0.6) is 6.01 Å². The highest BCUT2D eigenvalue weighted by atomic mass is 35.5. The Morgan fingerprint density at radius 3 is 2.64 bits per heavy atom. The van der Waals surface area contributed by atoms with Crippen molar-refractivity contribution in [2.45, 2.75) is 95.0 Å². The van der Waals surface area contributed by atoms with E-state index in [1.54, 1.807) is 0 Å². The maximum atomic E-state index is 15.3. The quantitative estimate of drug-likeness (QED) is 0.495. The van der Waals surface area contributed by atoms with Crippen LogP contribution in [-0.4, -0.2) is 86.4 Å². The topological polar surface area (TPSA) is 83.9 Å². The highest BCUT2D eigenvalue weighted by Gasteiger charge is 2.59. The minimum Gasteiger partial charge on any atom is -0.461 e. The van der Waals surface area contributed by atoms with Crippen molar-refractivity contribution in [1.29, 1.82) is 0 Å². The fraction of sp³-hybridized carbons (Fsp3) is 0.714. The number of hydrogen-bond donors (Lipinski definition) is 0. The summed E-state index contributed by atoms with van der Waals surface area (Å²) in [5.41, 5.74) is -0.405. The molecule has 5 fully saturated rings. The number of halogens is 2. The summed E-state index contributed by atoms with van der Waals surface area (Å²) in [5, 5.41) is 0.275. The molecule has 39 heavy (non-hydrogen) atoms. The lowest BCUT2D eigenvalue weighted by Crippen LogP contribution is -2.57. The summed E-state index contributed by atoms with van der Waals surface area (Å²) in [6, 6.07) is 0.800. The van der Waals surface area contributed by atoms with E-state index in [1.807, 2.05) is 25.7 Å². The van der Waals surface area contributed by atoms with Crippen molar-refractivity contribution in [3.05, 3.63) is 17.2 Å². The zero-order valence-electron chi connectivity index (χ0n) is 22.8. The maximum Gasteiger partial charge on any atom is 0.410 e. The lowest BCUT2D eigenvalue weighted by molar-refractivity contribution is 0.0122. The second-order valence-corrected chi connectivity index (χ2v) is 13.3. The van der Waals surface area contributed by atoms with Crippen LogP contribution < -0.4 is 9.64 Å². The van der Waals surface area contributed by atoms with Gasteiger partial charge in [-0.15, -0.1) is 0 Å². The van der Waals surface area contributed by atoms with Gasteiger partial charge in [0.1, 0.15) is 23.5 Å². The molecule has 4 bridgehead atoms. The van der Waals surface area contributed by atoms with E-state index < -0.39 is 11.4 Å². The van der Waals surface area contributed by atoms with Gasteiger partial charge in [-0.25, -0.2) is 14.2 Å². The number of piperidine rings is 1. The van der Waals surface area contributed by atoms with Crippen molar-refractivity contribution >= 4 is 34.4 Å². The third-order valence-electron chi connectivity index (χ3n) is 9.62. The van der Waals surface area contributed by atoms with Gasteiger partial charge >= 0.3 is 12.1 Å². The molecule has 2 aromatic heterocycles. The predicted molar refractivity (Wildman–Crippen MR) is 145 cm³/mol. The SMILES string of the molecule is CC(C)(C)OC(=O)N1C2CCC1CN(c1nc(OCC34CCCN3C3CCC4C3)nc3c(F)c(Cl)ncc13)C2. The van der Waals surface area contributed by atoms with Crippen LogP contribution in [0.3, 0.4) is 0 Å². The molecule has 6 heterocycles. The maximum absolute atomic E-state index is 15.3. The average Bonchev–Trinajstić information content (AvgIpc) is 3.64. The first-order valence-corrected chi connectivity index (χ1v) is 14.7. The van der Waals surface area contributed by atoms with Gasteiger partial charge < -0.3 is 14.4 Å². The Hall–Kier alpha value is -2.46. The molecule has 11 heteroatoms. The first-order chi connectivity index (χ1) is 18.6. The molecule has 4 aliphatic heterocycles. The van der Waals surface area contributed by atoms with E-state index in [0.29, 0.717) is 42.9 Å². The number of carbonyl (C=O) groups excluding carboxylic acids is 1. The van der Waals surface area contributed by atoms with Crippen LogP contribution in [0.25, 0.3) is 10.9 Å². The molecule has 7 rings (SSSR count). The van der Waals surface area contributed by atoms with E-state index in [-0.39, 0.29) is 40.4 Å². The molecule has 5 atom stereocenters. The molecule has 0 N–H and O–H groups in total. The molecule has 1 amide bonds. The first-order valence-electron chi connectivity index (χ1n) is 14.3. The Bertz CT molecular complexity index is 1310. The number of aromatic nitrogens is 3. The molecule has 5 unspecified atom stereocenters. The second kappa shape index (κ2) is 9.03. The smallest absolute Gasteiger partial charge is 0.410 e. The Kier molecular flexibility index (Phi) is 5.90. The number of nitrogens with zero attached hydrogens (tertiary/aromatic N) is 6. The number of hydrogen-bond acceptors (Lipinski definition) is 8. The van der Waals surface area contributed by atoms with Crippen LogP contribution in [0.1, 0.15) is 65.7 Å². The average molecular weight is 559 g/mol. The number of amides is 1. The lowest BCUT2D eigenvalue weighted by atomic mass is 9.82. The van der Waals surface area contributed by atoms with Crippen LogP contribution in [0.2, 0.25) is 5.15 Å². The Labute approximate surface area is 233 Å². The van der Waals surface area contributed by atoms with E-state index in [1.165, 1.54) is 31.9 Å². The molecule has 1 aliphatic carbocycles. The van der Waals surface area contributed by atoms with Crippen molar-refractivity contribution < 1.29 is 18.7 Å². The molecule has 0 aromatic carbocycles. The van der Waals surface area contributed by atoms with Crippen molar-refractivity contribution in [2.75, 3.05) is 31.1 Å². The molecule has 4 saturated heterocycles. The normalized spacial score (nSPS) is 31.8.